The van der Waals surface area contributed by atoms with Crippen LogP contribution in [0, 0.1) is 6.92 Å². The lowest BCUT2D eigenvalue weighted by Gasteiger charge is -2.14. The van der Waals surface area contributed by atoms with E-state index in [2.05, 4.69) is 48.3 Å². The largest absolute Gasteiger partial charge is 0.370 e. The predicted molar refractivity (Wildman–Crippen MR) is 73.7 cm³/mol. The Morgan fingerprint density at radius 2 is 1.35 bits per heavy atom. The maximum atomic E-state index is 4.53. The number of hydrogen-bond acceptors (Lipinski definition) is 4. The van der Waals surface area contributed by atoms with Gasteiger partial charge in [0.25, 0.3) is 0 Å². The summed E-state index contributed by atoms with van der Waals surface area (Å²) in [6.07, 6.45) is 3.06. The minimum Gasteiger partial charge on any atom is -0.370 e. The highest BCUT2D eigenvalue weighted by Gasteiger charge is 2.09. The van der Waals surface area contributed by atoms with Gasteiger partial charge in [-0.05, 0) is 19.8 Å². The average molecular weight is 236 g/mol. The molecule has 96 valence electrons. The standard InChI is InChI=1S/C13H24N4/c1-5-8-14-12-10(4)13(15-9-6-2)17-11(7-3)16-12/h5-9H2,1-4H3,(H2,14,15,16,17). The monoisotopic (exact) mass is 236 g/mol. The van der Waals surface area contributed by atoms with Crippen LogP contribution in [-0.4, -0.2) is 23.1 Å². The number of aryl methyl sites for hydroxylation is 1. The molecule has 1 aromatic rings. The molecule has 4 heteroatoms. The van der Waals surface area contributed by atoms with Crippen LogP contribution in [0.1, 0.15) is 45.0 Å². The van der Waals surface area contributed by atoms with Crippen molar-refractivity contribution in [2.75, 3.05) is 23.7 Å². The Balaban J connectivity index is 2.94. The number of rotatable bonds is 7. The van der Waals surface area contributed by atoms with Gasteiger partial charge in [0.1, 0.15) is 17.5 Å². The van der Waals surface area contributed by atoms with Crippen LogP contribution in [0.4, 0.5) is 11.6 Å². The first-order valence-electron chi connectivity index (χ1n) is 6.58. The molecule has 0 aliphatic heterocycles. The third kappa shape index (κ3) is 3.88. The van der Waals surface area contributed by atoms with Crippen LogP contribution in [0.3, 0.4) is 0 Å². The number of anilines is 2. The third-order valence-corrected chi connectivity index (χ3v) is 2.59. The fraction of sp³-hybridized carbons (Fsp3) is 0.692. The summed E-state index contributed by atoms with van der Waals surface area (Å²) < 4.78 is 0. The molecule has 0 saturated heterocycles. The van der Waals surface area contributed by atoms with E-state index in [0.29, 0.717) is 0 Å². The van der Waals surface area contributed by atoms with Crippen molar-refractivity contribution in [3.63, 3.8) is 0 Å². The van der Waals surface area contributed by atoms with E-state index in [-0.39, 0.29) is 0 Å². The summed E-state index contributed by atoms with van der Waals surface area (Å²) in [5, 5.41) is 6.73. The summed E-state index contributed by atoms with van der Waals surface area (Å²) in [4.78, 5) is 9.07. The molecule has 0 bridgehead atoms. The maximum absolute atomic E-state index is 4.53. The first kappa shape index (κ1) is 13.7. The molecule has 0 atom stereocenters. The molecule has 0 aliphatic rings. The molecule has 17 heavy (non-hydrogen) atoms. The van der Waals surface area contributed by atoms with Crippen LogP contribution < -0.4 is 10.6 Å². The van der Waals surface area contributed by atoms with Gasteiger partial charge in [-0.1, -0.05) is 20.8 Å². The molecule has 0 spiro atoms. The van der Waals surface area contributed by atoms with Gasteiger partial charge in [0.2, 0.25) is 0 Å². The Labute approximate surface area is 104 Å². The zero-order valence-corrected chi connectivity index (χ0v) is 11.4. The van der Waals surface area contributed by atoms with Gasteiger partial charge in [-0.3, -0.25) is 0 Å². The summed E-state index contributed by atoms with van der Waals surface area (Å²) in [6, 6.07) is 0. The van der Waals surface area contributed by atoms with Gasteiger partial charge in [0.05, 0.1) is 0 Å². The van der Waals surface area contributed by atoms with Crippen LogP contribution in [0.5, 0.6) is 0 Å². The normalized spacial score (nSPS) is 10.4. The van der Waals surface area contributed by atoms with Gasteiger partial charge in [-0.2, -0.15) is 0 Å². The summed E-state index contributed by atoms with van der Waals surface area (Å²) in [6.45, 7) is 10.4. The number of hydrogen-bond donors (Lipinski definition) is 2. The molecule has 0 aromatic carbocycles. The van der Waals surface area contributed by atoms with Crippen molar-refractivity contribution in [2.45, 2.75) is 47.0 Å². The predicted octanol–water partition coefficient (Wildman–Crippen LogP) is 2.99. The molecule has 0 fully saturated rings. The zero-order chi connectivity index (χ0) is 12.7. The fourth-order valence-electron chi connectivity index (χ4n) is 1.55. The quantitative estimate of drug-likeness (QED) is 0.764. The highest BCUT2D eigenvalue weighted by Crippen LogP contribution is 2.20. The topological polar surface area (TPSA) is 49.8 Å². The Hall–Kier alpha value is -1.32. The van der Waals surface area contributed by atoms with Crippen molar-refractivity contribution in [3.8, 4) is 0 Å². The van der Waals surface area contributed by atoms with Crippen molar-refractivity contribution in [3.05, 3.63) is 11.4 Å². The van der Waals surface area contributed by atoms with E-state index in [4.69, 9.17) is 0 Å². The fourth-order valence-corrected chi connectivity index (χ4v) is 1.55. The lowest BCUT2D eigenvalue weighted by atomic mass is 10.2. The molecule has 1 aromatic heterocycles. The molecule has 0 unspecified atom stereocenters. The van der Waals surface area contributed by atoms with Crippen LogP contribution in [0.2, 0.25) is 0 Å². The lowest BCUT2D eigenvalue weighted by molar-refractivity contribution is 0.894. The van der Waals surface area contributed by atoms with E-state index in [1.165, 1.54) is 0 Å². The van der Waals surface area contributed by atoms with Crippen LogP contribution in [0.25, 0.3) is 0 Å². The second kappa shape index (κ2) is 7.09. The van der Waals surface area contributed by atoms with Crippen LogP contribution >= 0.6 is 0 Å². The smallest absolute Gasteiger partial charge is 0.134 e. The summed E-state index contributed by atoms with van der Waals surface area (Å²) >= 11 is 0. The summed E-state index contributed by atoms with van der Waals surface area (Å²) in [7, 11) is 0. The van der Waals surface area contributed by atoms with Crippen molar-refractivity contribution in [1.29, 1.82) is 0 Å². The van der Waals surface area contributed by atoms with Crippen molar-refractivity contribution in [1.82, 2.24) is 9.97 Å². The van der Waals surface area contributed by atoms with Crippen LogP contribution in [-0.2, 0) is 6.42 Å². The van der Waals surface area contributed by atoms with Gasteiger partial charge in [-0.15, -0.1) is 0 Å². The van der Waals surface area contributed by atoms with Gasteiger partial charge in [0.15, 0.2) is 0 Å². The van der Waals surface area contributed by atoms with Crippen molar-refractivity contribution in [2.24, 2.45) is 0 Å². The molecular formula is C13H24N4. The Morgan fingerprint density at radius 3 is 1.71 bits per heavy atom. The molecule has 2 N–H and O–H groups in total. The molecule has 0 amide bonds. The summed E-state index contributed by atoms with van der Waals surface area (Å²) in [5.41, 5.74) is 1.11. The van der Waals surface area contributed by atoms with Crippen molar-refractivity contribution < 1.29 is 0 Å². The second-order valence-corrected chi connectivity index (χ2v) is 4.17. The summed E-state index contributed by atoms with van der Waals surface area (Å²) in [5.74, 6) is 2.84. The highest BCUT2D eigenvalue weighted by atomic mass is 15.1. The average Bonchev–Trinajstić information content (AvgIpc) is 2.36. The van der Waals surface area contributed by atoms with Gasteiger partial charge in [-0.25, -0.2) is 9.97 Å². The Kier molecular flexibility index (Phi) is 5.73. The van der Waals surface area contributed by atoms with Gasteiger partial charge in [0, 0.05) is 25.1 Å². The Bertz CT molecular complexity index is 320. The first-order chi connectivity index (χ1) is 8.22. The van der Waals surface area contributed by atoms with Gasteiger partial charge >= 0.3 is 0 Å². The van der Waals surface area contributed by atoms with E-state index in [1.807, 2.05) is 0 Å². The number of aromatic nitrogens is 2. The third-order valence-electron chi connectivity index (χ3n) is 2.59. The minimum atomic E-state index is 0.863. The molecule has 4 nitrogen and oxygen atoms in total. The van der Waals surface area contributed by atoms with Crippen LogP contribution in [0.15, 0.2) is 0 Å². The van der Waals surface area contributed by atoms with E-state index in [1.54, 1.807) is 0 Å². The SMILES string of the molecule is CCCNc1nc(CC)nc(NCCC)c1C. The highest BCUT2D eigenvalue weighted by molar-refractivity contribution is 5.57. The van der Waals surface area contributed by atoms with E-state index < -0.39 is 0 Å². The molecular weight excluding hydrogens is 212 g/mol. The second-order valence-electron chi connectivity index (χ2n) is 4.17. The number of nitrogens with one attached hydrogen (secondary N) is 2. The van der Waals surface area contributed by atoms with E-state index in [9.17, 15) is 0 Å². The molecule has 0 saturated carbocycles. The van der Waals surface area contributed by atoms with Gasteiger partial charge < -0.3 is 10.6 Å². The molecule has 1 heterocycles. The maximum Gasteiger partial charge on any atom is 0.134 e. The van der Waals surface area contributed by atoms with Crippen molar-refractivity contribution >= 4 is 11.6 Å². The lowest BCUT2D eigenvalue weighted by Crippen LogP contribution is -2.12. The molecule has 0 aliphatic carbocycles. The molecule has 0 radical (unpaired) electrons. The Morgan fingerprint density at radius 1 is 0.882 bits per heavy atom. The van der Waals surface area contributed by atoms with E-state index >= 15 is 0 Å². The van der Waals surface area contributed by atoms with E-state index in [0.717, 1.165) is 55.4 Å². The molecule has 1 rings (SSSR count). The number of nitrogens with zero attached hydrogens (tertiary/aromatic N) is 2. The first-order valence-corrected chi connectivity index (χ1v) is 6.58. The zero-order valence-electron chi connectivity index (χ0n) is 11.4. The minimum absolute atomic E-state index is 0.863.